The molecule has 1 amide bonds. The molecule has 0 aliphatic rings. The van der Waals surface area contributed by atoms with Gasteiger partial charge in [0.05, 0.1) is 13.2 Å². The lowest BCUT2D eigenvalue weighted by molar-refractivity contribution is 0.0732. The maximum atomic E-state index is 12.1. The summed E-state index contributed by atoms with van der Waals surface area (Å²) < 4.78 is 0. The van der Waals surface area contributed by atoms with Crippen molar-refractivity contribution in [3.8, 4) is 11.8 Å². The largest absolute Gasteiger partial charge is 0.395 e. The van der Waals surface area contributed by atoms with E-state index < -0.39 is 0 Å². The van der Waals surface area contributed by atoms with E-state index in [2.05, 4.69) is 11.8 Å². The van der Waals surface area contributed by atoms with Crippen molar-refractivity contribution in [1.29, 1.82) is 0 Å². The summed E-state index contributed by atoms with van der Waals surface area (Å²) in [5.41, 5.74) is 1.40. The molecule has 0 spiro atoms. The number of rotatable bonds is 5. The van der Waals surface area contributed by atoms with Crippen LogP contribution in [-0.4, -0.2) is 47.3 Å². The quantitative estimate of drug-likeness (QED) is 0.773. The predicted octanol–water partition coefficient (Wildman–Crippen LogP) is 0.875. The molecule has 1 rings (SSSR count). The van der Waals surface area contributed by atoms with Gasteiger partial charge in [-0.2, -0.15) is 0 Å². The number of aliphatic hydroxyl groups excluding tert-OH is 2. The summed E-state index contributed by atoms with van der Waals surface area (Å²) in [7, 11) is 0. The third kappa shape index (κ3) is 4.74. The van der Waals surface area contributed by atoms with Crippen molar-refractivity contribution in [2.45, 2.75) is 13.3 Å². The Labute approximate surface area is 113 Å². The monoisotopic (exact) mass is 261 g/mol. The lowest BCUT2D eigenvalue weighted by Gasteiger charge is -2.19. The Morgan fingerprint density at radius 3 is 2.42 bits per heavy atom. The first-order chi connectivity index (χ1) is 9.22. The summed E-state index contributed by atoms with van der Waals surface area (Å²) in [5, 5.41) is 17.5. The first kappa shape index (κ1) is 15.2. The Balaban J connectivity index is 2.75. The van der Waals surface area contributed by atoms with Crippen LogP contribution in [0.5, 0.6) is 0 Å². The molecule has 0 heterocycles. The minimum atomic E-state index is -0.0913. The van der Waals surface area contributed by atoms with Crippen molar-refractivity contribution in [2.24, 2.45) is 0 Å². The number of hydrogen-bond donors (Lipinski definition) is 2. The molecule has 102 valence electrons. The van der Waals surface area contributed by atoms with Gasteiger partial charge in [0.25, 0.3) is 5.91 Å². The Morgan fingerprint density at radius 1 is 1.21 bits per heavy atom. The number of benzene rings is 1. The SMILES string of the molecule is CCN(CCO)C(=O)c1ccc(C#CCCO)cc1. The summed E-state index contributed by atoms with van der Waals surface area (Å²) in [6.07, 6.45) is 0.445. The van der Waals surface area contributed by atoms with Gasteiger partial charge >= 0.3 is 0 Å². The topological polar surface area (TPSA) is 60.8 Å². The van der Waals surface area contributed by atoms with E-state index in [-0.39, 0.29) is 19.1 Å². The molecule has 0 fully saturated rings. The highest BCUT2D eigenvalue weighted by Crippen LogP contribution is 2.07. The molecule has 0 aliphatic carbocycles. The van der Waals surface area contributed by atoms with Crippen molar-refractivity contribution in [3.63, 3.8) is 0 Å². The van der Waals surface area contributed by atoms with Gasteiger partial charge in [-0.05, 0) is 31.2 Å². The van der Waals surface area contributed by atoms with Gasteiger partial charge < -0.3 is 15.1 Å². The summed E-state index contributed by atoms with van der Waals surface area (Å²) in [6, 6.07) is 7.02. The van der Waals surface area contributed by atoms with E-state index in [4.69, 9.17) is 10.2 Å². The highest BCUT2D eigenvalue weighted by molar-refractivity contribution is 5.94. The Hall–Kier alpha value is -1.83. The van der Waals surface area contributed by atoms with Gasteiger partial charge in [0.2, 0.25) is 0 Å². The second-order valence-electron chi connectivity index (χ2n) is 3.96. The maximum absolute atomic E-state index is 12.1. The van der Waals surface area contributed by atoms with Crippen LogP contribution in [0.3, 0.4) is 0 Å². The fourth-order valence-electron chi connectivity index (χ4n) is 1.62. The second kappa shape index (κ2) is 8.30. The van der Waals surface area contributed by atoms with Crippen LogP contribution in [0.1, 0.15) is 29.3 Å². The average molecular weight is 261 g/mol. The third-order valence-electron chi connectivity index (χ3n) is 2.64. The van der Waals surface area contributed by atoms with Gasteiger partial charge in [-0.25, -0.2) is 0 Å². The van der Waals surface area contributed by atoms with E-state index in [0.29, 0.717) is 25.1 Å². The van der Waals surface area contributed by atoms with Gasteiger partial charge in [0.15, 0.2) is 0 Å². The molecule has 0 radical (unpaired) electrons. The van der Waals surface area contributed by atoms with Gasteiger partial charge in [0.1, 0.15) is 0 Å². The van der Waals surface area contributed by atoms with Crippen LogP contribution < -0.4 is 0 Å². The molecule has 19 heavy (non-hydrogen) atoms. The summed E-state index contributed by atoms with van der Waals surface area (Å²) >= 11 is 0. The molecule has 0 saturated heterocycles. The van der Waals surface area contributed by atoms with Crippen LogP contribution in [0.25, 0.3) is 0 Å². The van der Waals surface area contributed by atoms with Crippen molar-refractivity contribution in [1.82, 2.24) is 4.90 Å². The van der Waals surface area contributed by atoms with E-state index in [9.17, 15) is 4.79 Å². The standard InChI is InChI=1S/C15H19NO3/c1-2-16(10-12-18)15(19)14-8-6-13(7-9-14)5-3-4-11-17/h6-9,17-18H,2,4,10-12H2,1H3. The van der Waals surface area contributed by atoms with Gasteiger partial charge in [-0.1, -0.05) is 11.8 Å². The number of carbonyl (C=O) groups is 1. The second-order valence-corrected chi connectivity index (χ2v) is 3.96. The van der Waals surface area contributed by atoms with Crippen LogP contribution in [0, 0.1) is 11.8 Å². The molecule has 0 aromatic heterocycles. The van der Waals surface area contributed by atoms with E-state index in [1.807, 2.05) is 6.92 Å². The Morgan fingerprint density at radius 2 is 1.89 bits per heavy atom. The fourth-order valence-corrected chi connectivity index (χ4v) is 1.62. The summed E-state index contributed by atoms with van der Waals surface area (Å²) in [4.78, 5) is 13.7. The highest BCUT2D eigenvalue weighted by Gasteiger charge is 2.12. The molecule has 0 atom stereocenters. The lowest BCUT2D eigenvalue weighted by Crippen LogP contribution is -2.33. The Kier molecular flexibility index (Phi) is 6.65. The number of carbonyl (C=O) groups excluding carboxylic acids is 1. The van der Waals surface area contributed by atoms with Crippen LogP contribution in [-0.2, 0) is 0 Å². The van der Waals surface area contributed by atoms with Gasteiger partial charge in [-0.15, -0.1) is 0 Å². The van der Waals surface area contributed by atoms with E-state index >= 15 is 0 Å². The third-order valence-corrected chi connectivity index (χ3v) is 2.64. The van der Waals surface area contributed by atoms with Crippen LogP contribution in [0.2, 0.25) is 0 Å². The van der Waals surface area contributed by atoms with Crippen molar-refractivity contribution in [3.05, 3.63) is 35.4 Å². The fraction of sp³-hybridized carbons (Fsp3) is 0.400. The minimum absolute atomic E-state index is 0.0374. The number of aliphatic hydroxyl groups is 2. The number of likely N-dealkylation sites (N-methyl/N-ethyl adjacent to an activating group) is 1. The minimum Gasteiger partial charge on any atom is -0.395 e. The number of hydrogen-bond acceptors (Lipinski definition) is 3. The molecule has 4 heteroatoms. The zero-order valence-corrected chi connectivity index (χ0v) is 11.1. The van der Waals surface area contributed by atoms with E-state index in [0.717, 1.165) is 5.56 Å². The average Bonchev–Trinajstić information content (AvgIpc) is 2.45. The van der Waals surface area contributed by atoms with Crippen molar-refractivity contribution < 1.29 is 15.0 Å². The summed E-state index contributed by atoms with van der Waals surface area (Å²) in [6.45, 7) is 2.80. The molecule has 0 saturated carbocycles. The van der Waals surface area contributed by atoms with Gasteiger partial charge in [-0.3, -0.25) is 4.79 Å². The highest BCUT2D eigenvalue weighted by atomic mass is 16.3. The molecule has 0 unspecified atom stereocenters. The smallest absolute Gasteiger partial charge is 0.253 e. The molecular formula is C15H19NO3. The van der Waals surface area contributed by atoms with Crippen molar-refractivity contribution >= 4 is 5.91 Å². The predicted molar refractivity (Wildman–Crippen MR) is 73.7 cm³/mol. The molecule has 0 bridgehead atoms. The first-order valence-corrected chi connectivity index (χ1v) is 6.32. The first-order valence-electron chi connectivity index (χ1n) is 6.32. The normalized spacial score (nSPS) is 9.63. The molecule has 1 aromatic carbocycles. The molecule has 0 aliphatic heterocycles. The van der Waals surface area contributed by atoms with Crippen molar-refractivity contribution in [2.75, 3.05) is 26.3 Å². The zero-order valence-electron chi connectivity index (χ0n) is 11.1. The summed E-state index contributed by atoms with van der Waals surface area (Å²) in [5.74, 6) is 5.64. The molecular weight excluding hydrogens is 242 g/mol. The van der Waals surface area contributed by atoms with Crippen LogP contribution in [0.4, 0.5) is 0 Å². The molecule has 1 aromatic rings. The van der Waals surface area contributed by atoms with Crippen LogP contribution >= 0.6 is 0 Å². The number of nitrogens with zero attached hydrogens (tertiary/aromatic N) is 1. The number of amides is 1. The Bertz CT molecular complexity index is 457. The van der Waals surface area contributed by atoms with Crippen LogP contribution in [0.15, 0.2) is 24.3 Å². The lowest BCUT2D eigenvalue weighted by atomic mass is 10.1. The van der Waals surface area contributed by atoms with E-state index in [1.165, 1.54) is 0 Å². The van der Waals surface area contributed by atoms with Gasteiger partial charge in [0, 0.05) is 30.6 Å². The zero-order chi connectivity index (χ0) is 14.1. The molecule has 4 nitrogen and oxygen atoms in total. The maximum Gasteiger partial charge on any atom is 0.253 e. The molecule has 2 N–H and O–H groups in total. The van der Waals surface area contributed by atoms with E-state index in [1.54, 1.807) is 29.2 Å².